The summed E-state index contributed by atoms with van der Waals surface area (Å²) in [5.41, 5.74) is 1.03. The quantitative estimate of drug-likeness (QED) is 0.178. The van der Waals surface area contributed by atoms with Crippen molar-refractivity contribution in [3.63, 3.8) is 0 Å². The van der Waals surface area contributed by atoms with Gasteiger partial charge in [0.2, 0.25) is 0 Å². The fourth-order valence-electron chi connectivity index (χ4n) is 3.14. The van der Waals surface area contributed by atoms with Gasteiger partial charge in [0.05, 0.1) is 5.41 Å². The largest absolute Gasteiger partial charge is 0.460 e. The van der Waals surface area contributed by atoms with Crippen molar-refractivity contribution in [1.29, 1.82) is 0 Å². The van der Waals surface area contributed by atoms with Crippen molar-refractivity contribution in [2.45, 2.75) is 89.6 Å². The first kappa shape index (κ1) is 27.0. The van der Waals surface area contributed by atoms with Crippen molar-refractivity contribution < 1.29 is 19.1 Å². The molecular weight excluding hydrogens is 432 g/mol. The van der Waals surface area contributed by atoms with E-state index >= 15 is 0 Å². The van der Waals surface area contributed by atoms with E-state index < -0.39 is 11.0 Å². The number of esters is 2. The molecule has 5 heteroatoms. The summed E-state index contributed by atoms with van der Waals surface area (Å²) in [5.74, 6) is 0.887. The molecule has 2 rings (SSSR count). The second kappa shape index (κ2) is 10.8. The highest BCUT2D eigenvalue weighted by molar-refractivity contribution is 7.99. The molecule has 0 amide bonds. The molecule has 0 heterocycles. The van der Waals surface area contributed by atoms with Crippen molar-refractivity contribution in [3.8, 4) is 5.75 Å². The maximum atomic E-state index is 12.9. The number of hydrogen-bond acceptors (Lipinski definition) is 5. The van der Waals surface area contributed by atoms with Gasteiger partial charge in [-0.15, -0.1) is 11.8 Å². The molecule has 0 fully saturated rings. The second-order valence-electron chi connectivity index (χ2n) is 10.9. The molecule has 180 valence electrons. The van der Waals surface area contributed by atoms with Crippen LogP contribution < -0.4 is 4.74 Å². The van der Waals surface area contributed by atoms with Crippen LogP contribution in [-0.2, 0) is 25.2 Å². The van der Waals surface area contributed by atoms with Gasteiger partial charge in [-0.3, -0.25) is 9.59 Å². The lowest BCUT2D eigenvalue weighted by molar-refractivity contribution is -0.154. The molecule has 0 saturated carbocycles. The monoisotopic (exact) mass is 470 g/mol. The molecule has 0 radical (unpaired) electrons. The Labute approximate surface area is 203 Å². The molecule has 0 aliphatic heterocycles. The van der Waals surface area contributed by atoms with Crippen LogP contribution in [0.4, 0.5) is 0 Å². The van der Waals surface area contributed by atoms with Crippen LogP contribution in [0.1, 0.15) is 79.4 Å². The molecule has 0 aliphatic carbocycles. The SMILES string of the molecule is CC(C)(C)OC(=O)CCCSc1ccc(OC(=O)C(C)(C)c2ccc(C(C)(C)C)cc2)cc1. The Morgan fingerprint density at radius 3 is 1.85 bits per heavy atom. The van der Waals surface area contributed by atoms with Crippen LogP contribution in [0, 0.1) is 0 Å². The molecule has 33 heavy (non-hydrogen) atoms. The van der Waals surface area contributed by atoms with E-state index in [0.717, 1.165) is 22.6 Å². The summed E-state index contributed by atoms with van der Waals surface area (Å²) in [6.07, 6.45) is 1.16. The molecule has 0 unspecified atom stereocenters. The molecule has 0 aliphatic rings. The van der Waals surface area contributed by atoms with Gasteiger partial charge in [-0.2, -0.15) is 0 Å². The third-order valence-corrected chi connectivity index (χ3v) is 6.33. The maximum absolute atomic E-state index is 12.9. The number of benzene rings is 2. The minimum absolute atomic E-state index is 0.0681. The Morgan fingerprint density at radius 2 is 1.33 bits per heavy atom. The summed E-state index contributed by atoms with van der Waals surface area (Å²) in [5, 5.41) is 0. The number of thioether (sulfide) groups is 1. The lowest BCUT2D eigenvalue weighted by Gasteiger charge is -2.25. The zero-order valence-corrected chi connectivity index (χ0v) is 22.1. The van der Waals surface area contributed by atoms with Crippen LogP contribution in [0.5, 0.6) is 5.75 Å². The van der Waals surface area contributed by atoms with Gasteiger partial charge in [0, 0.05) is 11.3 Å². The summed E-state index contributed by atoms with van der Waals surface area (Å²) in [7, 11) is 0. The van der Waals surface area contributed by atoms with E-state index in [1.807, 2.05) is 71.0 Å². The molecule has 0 atom stereocenters. The highest BCUT2D eigenvalue weighted by Gasteiger charge is 2.32. The van der Waals surface area contributed by atoms with Crippen molar-refractivity contribution >= 4 is 23.7 Å². The fourth-order valence-corrected chi connectivity index (χ4v) is 4.00. The van der Waals surface area contributed by atoms with E-state index in [1.165, 1.54) is 5.56 Å². The van der Waals surface area contributed by atoms with Gasteiger partial charge in [0.25, 0.3) is 0 Å². The molecule has 0 bridgehead atoms. The first-order chi connectivity index (χ1) is 15.2. The number of ether oxygens (including phenoxy) is 2. The second-order valence-corrected chi connectivity index (χ2v) is 12.0. The van der Waals surface area contributed by atoms with Crippen LogP contribution in [0.15, 0.2) is 53.4 Å². The predicted molar refractivity (Wildman–Crippen MR) is 136 cm³/mol. The van der Waals surface area contributed by atoms with Crippen molar-refractivity contribution in [2.75, 3.05) is 5.75 Å². The third-order valence-electron chi connectivity index (χ3n) is 5.23. The van der Waals surface area contributed by atoms with E-state index in [1.54, 1.807) is 11.8 Å². The number of rotatable bonds is 8. The van der Waals surface area contributed by atoms with Crippen LogP contribution in [-0.4, -0.2) is 23.3 Å². The third kappa shape index (κ3) is 8.54. The van der Waals surface area contributed by atoms with Gasteiger partial charge in [0.15, 0.2) is 0 Å². The summed E-state index contributed by atoms with van der Waals surface area (Å²) < 4.78 is 11.0. The molecule has 2 aromatic carbocycles. The van der Waals surface area contributed by atoms with E-state index in [4.69, 9.17) is 9.47 Å². The van der Waals surface area contributed by atoms with Crippen LogP contribution >= 0.6 is 11.8 Å². The Morgan fingerprint density at radius 1 is 0.788 bits per heavy atom. The van der Waals surface area contributed by atoms with Gasteiger partial charge in [-0.05, 0) is 87.6 Å². The van der Waals surface area contributed by atoms with Gasteiger partial charge in [-0.25, -0.2) is 0 Å². The van der Waals surface area contributed by atoms with Gasteiger partial charge in [0.1, 0.15) is 11.4 Å². The molecule has 0 aromatic heterocycles. The number of carbonyl (C=O) groups is 2. The maximum Gasteiger partial charge on any atom is 0.321 e. The minimum Gasteiger partial charge on any atom is -0.460 e. The lowest BCUT2D eigenvalue weighted by Crippen LogP contribution is -2.33. The van der Waals surface area contributed by atoms with E-state index in [-0.39, 0.29) is 17.4 Å². The van der Waals surface area contributed by atoms with Gasteiger partial charge in [-0.1, -0.05) is 45.0 Å². The smallest absolute Gasteiger partial charge is 0.321 e. The van der Waals surface area contributed by atoms with E-state index in [0.29, 0.717) is 12.2 Å². The topological polar surface area (TPSA) is 52.6 Å². The van der Waals surface area contributed by atoms with Crippen molar-refractivity contribution in [1.82, 2.24) is 0 Å². The Hall–Kier alpha value is -2.27. The zero-order valence-electron chi connectivity index (χ0n) is 21.3. The first-order valence-corrected chi connectivity index (χ1v) is 12.4. The first-order valence-electron chi connectivity index (χ1n) is 11.5. The molecule has 2 aromatic rings. The van der Waals surface area contributed by atoms with Crippen LogP contribution in [0.25, 0.3) is 0 Å². The zero-order chi connectivity index (χ0) is 24.9. The average molecular weight is 471 g/mol. The lowest BCUT2D eigenvalue weighted by atomic mass is 9.81. The predicted octanol–water partition coefficient (Wildman–Crippen LogP) is 7.08. The highest BCUT2D eigenvalue weighted by atomic mass is 32.2. The molecule has 0 saturated heterocycles. The minimum atomic E-state index is -0.758. The summed E-state index contributed by atoms with van der Waals surface area (Å²) >= 11 is 1.67. The molecular formula is C28H38O4S. The normalized spacial score (nSPS) is 12.4. The van der Waals surface area contributed by atoms with Crippen molar-refractivity contribution in [2.24, 2.45) is 0 Å². The van der Waals surface area contributed by atoms with Gasteiger partial charge >= 0.3 is 11.9 Å². The highest BCUT2D eigenvalue weighted by Crippen LogP contribution is 2.30. The van der Waals surface area contributed by atoms with E-state index in [9.17, 15) is 9.59 Å². The molecule has 0 N–H and O–H groups in total. The number of carbonyl (C=O) groups excluding carboxylic acids is 2. The fraction of sp³-hybridized carbons (Fsp3) is 0.500. The number of hydrogen-bond donors (Lipinski definition) is 0. The molecule has 4 nitrogen and oxygen atoms in total. The van der Waals surface area contributed by atoms with Crippen LogP contribution in [0.3, 0.4) is 0 Å². The molecule has 0 spiro atoms. The summed E-state index contributed by atoms with van der Waals surface area (Å²) in [6.45, 7) is 15.9. The van der Waals surface area contributed by atoms with Gasteiger partial charge < -0.3 is 9.47 Å². The average Bonchev–Trinajstić information content (AvgIpc) is 2.70. The van der Waals surface area contributed by atoms with Crippen LogP contribution in [0.2, 0.25) is 0 Å². The summed E-state index contributed by atoms with van der Waals surface area (Å²) in [4.78, 5) is 25.8. The Bertz CT molecular complexity index is 930. The van der Waals surface area contributed by atoms with E-state index in [2.05, 4.69) is 32.9 Å². The standard InChI is InChI=1S/C28H38O4S/c1-26(2,3)20-11-13-21(14-12-20)28(7,8)25(30)31-22-15-17-23(18-16-22)33-19-9-10-24(29)32-27(4,5)6/h11-18H,9-10,19H2,1-8H3. The van der Waals surface area contributed by atoms with Crippen molar-refractivity contribution in [3.05, 3.63) is 59.7 Å². The Balaban J connectivity index is 1.88. The Kier molecular flexibility index (Phi) is 8.81. The summed E-state index contributed by atoms with van der Waals surface area (Å²) in [6, 6.07) is 15.7.